The van der Waals surface area contributed by atoms with E-state index in [9.17, 15) is 0 Å². The van der Waals surface area contributed by atoms with Crippen molar-refractivity contribution in [1.29, 1.82) is 0 Å². The number of nitrogens with zero attached hydrogens (tertiary/aromatic N) is 1. The van der Waals surface area contributed by atoms with Gasteiger partial charge in [-0.05, 0) is 36.5 Å². The Morgan fingerprint density at radius 1 is 1.00 bits per heavy atom. The van der Waals surface area contributed by atoms with E-state index >= 15 is 0 Å². The maximum absolute atomic E-state index is 5.66. The molecular formula is C24H36IN3O2. The van der Waals surface area contributed by atoms with Gasteiger partial charge in [0.2, 0.25) is 0 Å². The van der Waals surface area contributed by atoms with Gasteiger partial charge in [0.1, 0.15) is 0 Å². The molecule has 1 unspecified atom stereocenters. The lowest BCUT2D eigenvalue weighted by molar-refractivity contribution is 0.0453. The molecule has 0 aliphatic rings. The predicted octanol–water partition coefficient (Wildman–Crippen LogP) is 4.63. The van der Waals surface area contributed by atoms with E-state index in [0.29, 0.717) is 32.3 Å². The van der Waals surface area contributed by atoms with Crippen molar-refractivity contribution >= 4 is 29.9 Å². The van der Waals surface area contributed by atoms with Crippen molar-refractivity contribution in [3.8, 4) is 0 Å². The van der Waals surface area contributed by atoms with Crippen molar-refractivity contribution in [3.05, 3.63) is 70.8 Å². The minimum Gasteiger partial charge on any atom is -0.379 e. The van der Waals surface area contributed by atoms with Gasteiger partial charge in [-0.15, -0.1) is 24.0 Å². The topological polar surface area (TPSA) is 54.9 Å². The molecule has 0 saturated carbocycles. The zero-order chi connectivity index (χ0) is 20.9. The van der Waals surface area contributed by atoms with E-state index in [2.05, 4.69) is 78.0 Å². The summed E-state index contributed by atoms with van der Waals surface area (Å²) in [6, 6.07) is 17.1. The number of aliphatic imine (C=N–C) groups is 1. The van der Waals surface area contributed by atoms with Gasteiger partial charge in [-0.3, -0.25) is 4.99 Å². The molecule has 5 nitrogen and oxygen atoms in total. The number of hydrogen-bond acceptors (Lipinski definition) is 3. The maximum Gasteiger partial charge on any atom is 0.191 e. The van der Waals surface area contributed by atoms with E-state index in [0.717, 1.165) is 24.7 Å². The zero-order valence-corrected chi connectivity index (χ0v) is 20.9. The quantitative estimate of drug-likeness (QED) is 0.194. The fourth-order valence-corrected chi connectivity index (χ4v) is 3.03. The fraction of sp³-hybridized carbons (Fsp3) is 0.458. The Kier molecular flexibility index (Phi) is 13.4. The number of aryl methyl sites for hydroxylation is 1. The molecule has 0 amide bonds. The molecule has 6 heteroatoms. The van der Waals surface area contributed by atoms with Gasteiger partial charge < -0.3 is 20.1 Å². The third-order valence-electron chi connectivity index (χ3n) is 4.71. The van der Waals surface area contributed by atoms with Crippen molar-refractivity contribution in [3.63, 3.8) is 0 Å². The van der Waals surface area contributed by atoms with Crippen LogP contribution < -0.4 is 10.6 Å². The van der Waals surface area contributed by atoms with Crippen LogP contribution in [0, 0.1) is 6.92 Å². The summed E-state index contributed by atoms with van der Waals surface area (Å²) in [5.74, 6) is 1.22. The van der Waals surface area contributed by atoms with Crippen LogP contribution in [0.3, 0.4) is 0 Å². The summed E-state index contributed by atoms with van der Waals surface area (Å²) >= 11 is 0. The molecule has 0 aliphatic heterocycles. The van der Waals surface area contributed by atoms with E-state index in [1.54, 1.807) is 7.05 Å². The lowest BCUT2D eigenvalue weighted by atomic mass is 9.99. The molecule has 166 valence electrons. The van der Waals surface area contributed by atoms with Crippen molar-refractivity contribution in [1.82, 2.24) is 10.6 Å². The number of guanidine groups is 1. The minimum atomic E-state index is 0. The van der Waals surface area contributed by atoms with Crippen LogP contribution in [-0.2, 0) is 22.6 Å². The van der Waals surface area contributed by atoms with Gasteiger partial charge in [-0.1, -0.05) is 61.0 Å². The lowest BCUT2D eigenvalue weighted by Crippen LogP contribution is -2.38. The molecule has 2 aromatic rings. The highest BCUT2D eigenvalue weighted by Crippen LogP contribution is 2.15. The number of nitrogens with one attached hydrogen (secondary N) is 2. The first kappa shape index (κ1) is 26.4. The summed E-state index contributed by atoms with van der Waals surface area (Å²) in [6.45, 7) is 10.5. The van der Waals surface area contributed by atoms with Crippen LogP contribution in [0.4, 0.5) is 0 Å². The molecule has 2 N–H and O–H groups in total. The monoisotopic (exact) mass is 525 g/mol. The van der Waals surface area contributed by atoms with Crippen LogP contribution >= 0.6 is 24.0 Å². The first-order valence-electron chi connectivity index (χ1n) is 10.4. The van der Waals surface area contributed by atoms with Gasteiger partial charge in [0.15, 0.2) is 5.96 Å². The summed E-state index contributed by atoms with van der Waals surface area (Å²) in [7, 11) is 1.80. The molecule has 0 heterocycles. The van der Waals surface area contributed by atoms with Gasteiger partial charge in [0.25, 0.3) is 0 Å². The van der Waals surface area contributed by atoms with Gasteiger partial charge in [-0.25, -0.2) is 0 Å². The Morgan fingerprint density at radius 2 is 1.73 bits per heavy atom. The minimum absolute atomic E-state index is 0. The Balaban J connectivity index is 0.00000450. The Morgan fingerprint density at radius 3 is 2.47 bits per heavy atom. The third kappa shape index (κ3) is 9.91. The Bertz CT molecular complexity index is 768. The maximum atomic E-state index is 5.66. The van der Waals surface area contributed by atoms with E-state index in [4.69, 9.17) is 9.47 Å². The summed E-state index contributed by atoms with van der Waals surface area (Å²) in [6.07, 6.45) is 0. The summed E-state index contributed by atoms with van der Waals surface area (Å²) < 4.78 is 10.9. The molecule has 2 rings (SSSR count). The molecule has 0 saturated heterocycles. The second-order valence-electron chi connectivity index (χ2n) is 7.19. The Labute approximate surface area is 198 Å². The van der Waals surface area contributed by atoms with E-state index in [-0.39, 0.29) is 24.0 Å². The standard InChI is InChI=1S/C24H35N3O2.HI/c1-5-28-12-13-29-18-22-10-7-9-21(15-22)17-27-24(25-4)26-16-20(3)23-11-6-8-19(2)14-23;/h6-11,14-15,20H,5,12-13,16-18H2,1-4H3,(H2,25,26,27);1H. The van der Waals surface area contributed by atoms with Gasteiger partial charge in [0, 0.05) is 26.7 Å². The average molecular weight is 525 g/mol. The van der Waals surface area contributed by atoms with E-state index < -0.39 is 0 Å². The third-order valence-corrected chi connectivity index (χ3v) is 4.71. The lowest BCUT2D eigenvalue weighted by Gasteiger charge is -2.17. The number of rotatable bonds is 11. The van der Waals surface area contributed by atoms with Crippen LogP contribution in [0.2, 0.25) is 0 Å². The summed E-state index contributed by atoms with van der Waals surface area (Å²) in [5.41, 5.74) is 4.99. The van der Waals surface area contributed by atoms with Crippen molar-refractivity contribution in [2.24, 2.45) is 4.99 Å². The van der Waals surface area contributed by atoms with Crippen LogP contribution in [-0.4, -0.2) is 39.4 Å². The van der Waals surface area contributed by atoms with Crippen LogP contribution in [0.25, 0.3) is 0 Å². The first-order valence-corrected chi connectivity index (χ1v) is 10.4. The number of benzene rings is 2. The number of ether oxygens (including phenoxy) is 2. The molecule has 2 aromatic carbocycles. The summed E-state index contributed by atoms with van der Waals surface area (Å²) in [4.78, 5) is 4.34. The molecule has 30 heavy (non-hydrogen) atoms. The highest BCUT2D eigenvalue weighted by Gasteiger charge is 2.07. The van der Waals surface area contributed by atoms with Crippen molar-refractivity contribution in [2.75, 3.05) is 33.4 Å². The van der Waals surface area contributed by atoms with Gasteiger partial charge in [-0.2, -0.15) is 0 Å². The molecule has 0 aliphatic carbocycles. The SMILES string of the molecule is CCOCCOCc1cccc(CNC(=NC)NCC(C)c2cccc(C)c2)c1.I. The number of halogens is 1. The first-order chi connectivity index (χ1) is 14.1. The second kappa shape index (κ2) is 15.2. The molecular weight excluding hydrogens is 489 g/mol. The van der Waals surface area contributed by atoms with Gasteiger partial charge >= 0.3 is 0 Å². The van der Waals surface area contributed by atoms with Crippen LogP contribution in [0.5, 0.6) is 0 Å². The predicted molar refractivity (Wildman–Crippen MR) is 136 cm³/mol. The van der Waals surface area contributed by atoms with Crippen molar-refractivity contribution < 1.29 is 9.47 Å². The molecule has 0 fully saturated rings. The molecule has 0 radical (unpaired) electrons. The largest absolute Gasteiger partial charge is 0.379 e. The number of hydrogen-bond donors (Lipinski definition) is 2. The van der Waals surface area contributed by atoms with E-state index in [1.165, 1.54) is 16.7 Å². The molecule has 1 atom stereocenters. The Hall–Kier alpha value is -1.64. The van der Waals surface area contributed by atoms with E-state index in [1.807, 2.05) is 6.92 Å². The fourth-order valence-electron chi connectivity index (χ4n) is 3.03. The normalized spacial score (nSPS) is 12.2. The molecule has 0 spiro atoms. The highest BCUT2D eigenvalue weighted by molar-refractivity contribution is 14.0. The second-order valence-corrected chi connectivity index (χ2v) is 7.19. The smallest absolute Gasteiger partial charge is 0.191 e. The highest BCUT2D eigenvalue weighted by atomic mass is 127. The van der Waals surface area contributed by atoms with Crippen LogP contribution in [0.15, 0.2) is 53.5 Å². The van der Waals surface area contributed by atoms with Gasteiger partial charge in [0.05, 0.1) is 19.8 Å². The van der Waals surface area contributed by atoms with Crippen molar-refractivity contribution in [2.45, 2.75) is 39.8 Å². The molecule has 0 bridgehead atoms. The molecule has 0 aromatic heterocycles. The zero-order valence-electron chi connectivity index (χ0n) is 18.6. The van der Waals surface area contributed by atoms with Crippen LogP contribution in [0.1, 0.15) is 42.0 Å². The summed E-state index contributed by atoms with van der Waals surface area (Å²) in [5, 5.41) is 6.82. The average Bonchev–Trinajstić information content (AvgIpc) is 2.74.